The molecular formula is C31H38FN5O5S. The Morgan fingerprint density at radius 3 is 2.44 bits per heavy atom. The summed E-state index contributed by atoms with van der Waals surface area (Å²) in [5, 5.41) is 6.53. The maximum Gasteiger partial charge on any atom is 0.269 e. The minimum absolute atomic E-state index is 0.0532. The number of amides is 1. The fourth-order valence-corrected chi connectivity index (χ4v) is 6.28. The van der Waals surface area contributed by atoms with Crippen molar-refractivity contribution in [2.45, 2.75) is 58.9 Å². The zero-order valence-electron chi connectivity index (χ0n) is 25.1. The Labute approximate surface area is 251 Å². The molecule has 2 aromatic heterocycles. The van der Waals surface area contributed by atoms with E-state index in [1.165, 1.54) is 0 Å². The molecule has 10 nitrogen and oxygen atoms in total. The first-order chi connectivity index (χ1) is 20.6. The van der Waals surface area contributed by atoms with Gasteiger partial charge in [0.25, 0.3) is 15.9 Å². The van der Waals surface area contributed by atoms with Crippen molar-refractivity contribution in [3.8, 4) is 11.1 Å². The van der Waals surface area contributed by atoms with E-state index in [1.54, 1.807) is 45.2 Å². The first kappa shape index (κ1) is 31.9. The number of halogens is 1. The van der Waals surface area contributed by atoms with Gasteiger partial charge in [0.2, 0.25) is 5.44 Å². The predicted molar refractivity (Wildman–Crippen MR) is 163 cm³/mol. The zero-order valence-corrected chi connectivity index (χ0v) is 25.9. The highest BCUT2D eigenvalue weighted by Gasteiger charge is 2.32. The van der Waals surface area contributed by atoms with Gasteiger partial charge in [0.05, 0.1) is 12.3 Å². The summed E-state index contributed by atoms with van der Waals surface area (Å²) in [6.07, 6.45) is 2.27. The molecule has 1 amide bonds. The molecule has 4 rings (SSSR count). The maximum atomic E-state index is 13.6. The number of carbonyl (C=O) groups excluding carboxylic acids is 1. The van der Waals surface area contributed by atoms with Crippen LogP contribution in [0.4, 0.5) is 10.2 Å². The number of hydrogen-bond acceptors (Lipinski definition) is 7. The molecule has 12 heteroatoms. The number of hydrogen-bond donors (Lipinski definition) is 2. The van der Waals surface area contributed by atoms with Gasteiger partial charge in [-0.2, -0.15) is 0 Å². The third kappa shape index (κ3) is 6.97. The molecular weight excluding hydrogens is 573 g/mol. The fraction of sp³-hybridized carbons (Fsp3) is 0.387. The van der Waals surface area contributed by atoms with Crippen LogP contribution in [0, 0.1) is 13.8 Å². The molecule has 2 heterocycles. The highest BCUT2D eigenvalue weighted by Crippen LogP contribution is 2.35. The standard InChI is InChI=1S/C31H38FN5O5S/c1-6-10-27-34-26(7-2)28(30(38)33-5)37(27)19-22-13-15-23(16-14-22)24-11-8-9-12-25(24)31(41-18-17-32)43(39,40)36-29-20(3)21(4)42-35-29/h8-9,11-16,31H,6-7,10,17-19H2,1-5H3,(H,33,38)(H,35,36). The first-order valence-corrected chi connectivity index (χ1v) is 15.8. The number of alkyl halides is 1. The lowest BCUT2D eigenvalue weighted by molar-refractivity contribution is 0.0935. The second-order valence-electron chi connectivity index (χ2n) is 10.1. The third-order valence-corrected chi connectivity index (χ3v) is 8.65. The zero-order chi connectivity index (χ0) is 31.1. The van der Waals surface area contributed by atoms with E-state index in [0.29, 0.717) is 41.1 Å². The van der Waals surface area contributed by atoms with Crippen LogP contribution in [0.15, 0.2) is 53.1 Å². The average Bonchev–Trinajstić information content (AvgIpc) is 3.51. The molecule has 230 valence electrons. The molecule has 2 N–H and O–H groups in total. The minimum Gasteiger partial charge on any atom is -0.359 e. The molecule has 0 aliphatic carbocycles. The van der Waals surface area contributed by atoms with Crippen LogP contribution >= 0.6 is 0 Å². The van der Waals surface area contributed by atoms with E-state index in [4.69, 9.17) is 14.2 Å². The molecule has 0 spiro atoms. The number of nitrogens with zero attached hydrogens (tertiary/aromatic N) is 3. The number of imidazole rings is 1. The summed E-state index contributed by atoms with van der Waals surface area (Å²) in [7, 11) is -2.61. The van der Waals surface area contributed by atoms with E-state index in [0.717, 1.165) is 35.5 Å². The summed E-state index contributed by atoms with van der Waals surface area (Å²) < 4.78 is 55.4. The number of rotatable bonds is 14. The highest BCUT2D eigenvalue weighted by atomic mass is 32.2. The van der Waals surface area contributed by atoms with Gasteiger partial charge in [-0.3, -0.25) is 9.52 Å². The molecule has 2 aromatic carbocycles. The summed E-state index contributed by atoms with van der Waals surface area (Å²) in [4.78, 5) is 17.5. The minimum atomic E-state index is -4.22. The second kappa shape index (κ2) is 14.0. The van der Waals surface area contributed by atoms with Crippen molar-refractivity contribution in [2.24, 2.45) is 0 Å². The van der Waals surface area contributed by atoms with Crippen molar-refractivity contribution in [1.29, 1.82) is 0 Å². The number of benzene rings is 2. The van der Waals surface area contributed by atoms with Gasteiger partial charge in [0, 0.05) is 31.1 Å². The number of aromatic nitrogens is 3. The topological polar surface area (TPSA) is 128 Å². The van der Waals surface area contributed by atoms with Crippen molar-refractivity contribution in [3.05, 3.63) is 88.2 Å². The van der Waals surface area contributed by atoms with Crippen LogP contribution in [0.3, 0.4) is 0 Å². The summed E-state index contributed by atoms with van der Waals surface area (Å²) in [6, 6.07) is 14.6. The van der Waals surface area contributed by atoms with Crippen LogP contribution in [0.5, 0.6) is 0 Å². The Balaban J connectivity index is 1.69. The molecule has 0 fully saturated rings. The quantitative estimate of drug-likeness (QED) is 0.193. The van der Waals surface area contributed by atoms with Gasteiger partial charge >= 0.3 is 0 Å². The van der Waals surface area contributed by atoms with Crippen LogP contribution in [0.1, 0.15) is 70.2 Å². The van der Waals surface area contributed by atoms with Crippen LogP contribution in [-0.2, 0) is 34.1 Å². The number of carbonyl (C=O) groups is 1. The molecule has 1 atom stereocenters. The molecule has 4 aromatic rings. The van der Waals surface area contributed by atoms with Gasteiger partial charge in [-0.15, -0.1) is 0 Å². The van der Waals surface area contributed by atoms with Gasteiger partial charge in [0.15, 0.2) is 5.82 Å². The van der Waals surface area contributed by atoms with Crippen LogP contribution < -0.4 is 10.0 Å². The lowest BCUT2D eigenvalue weighted by Crippen LogP contribution is -2.25. The largest absolute Gasteiger partial charge is 0.359 e. The third-order valence-electron chi connectivity index (χ3n) is 7.21. The van der Waals surface area contributed by atoms with Crippen molar-refractivity contribution in [3.63, 3.8) is 0 Å². The number of anilines is 1. The Morgan fingerprint density at radius 2 is 1.84 bits per heavy atom. The molecule has 0 saturated carbocycles. The summed E-state index contributed by atoms with van der Waals surface area (Å²) in [6.45, 7) is 6.61. The van der Waals surface area contributed by atoms with E-state index < -0.39 is 28.7 Å². The number of ether oxygens (including phenoxy) is 1. The highest BCUT2D eigenvalue weighted by molar-refractivity contribution is 7.92. The van der Waals surface area contributed by atoms with Gasteiger partial charge in [0.1, 0.15) is 24.0 Å². The van der Waals surface area contributed by atoms with Gasteiger partial charge < -0.3 is 19.1 Å². The van der Waals surface area contributed by atoms with Gasteiger partial charge in [-0.05, 0) is 43.4 Å². The normalized spacial score (nSPS) is 12.3. The predicted octanol–water partition coefficient (Wildman–Crippen LogP) is 5.50. The molecule has 0 bridgehead atoms. The lowest BCUT2D eigenvalue weighted by Gasteiger charge is -2.21. The number of nitrogens with one attached hydrogen (secondary N) is 2. The lowest BCUT2D eigenvalue weighted by atomic mass is 9.99. The van der Waals surface area contributed by atoms with E-state index in [1.807, 2.05) is 35.8 Å². The van der Waals surface area contributed by atoms with E-state index in [9.17, 15) is 17.6 Å². The molecule has 0 aliphatic heterocycles. The van der Waals surface area contributed by atoms with Crippen molar-refractivity contribution in [1.82, 2.24) is 20.0 Å². The van der Waals surface area contributed by atoms with Crippen molar-refractivity contribution >= 4 is 21.7 Å². The van der Waals surface area contributed by atoms with E-state index >= 15 is 0 Å². The molecule has 0 aliphatic rings. The summed E-state index contributed by atoms with van der Waals surface area (Å²) in [5.41, 5.74) is 3.01. The second-order valence-corrected chi connectivity index (χ2v) is 11.8. The van der Waals surface area contributed by atoms with Crippen LogP contribution in [0.2, 0.25) is 0 Å². The SMILES string of the molecule is CCCc1nc(CC)c(C(=O)NC)n1Cc1ccc(-c2ccccc2C(OCCF)S(=O)(=O)Nc2noc(C)c2C)cc1. The van der Waals surface area contributed by atoms with Crippen LogP contribution in [0.25, 0.3) is 11.1 Å². The maximum absolute atomic E-state index is 13.6. The Hall–Kier alpha value is -4.03. The molecule has 0 radical (unpaired) electrons. The van der Waals surface area contributed by atoms with Crippen molar-refractivity contribution < 1.29 is 26.9 Å². The average molecular weight is 612 g/mol. The summed E-state index contributed by atoms with van der Waals surface area (Å²) >= 11 is 0. The number of sulfonamides is 1. The fourth-order valence-electron chi connectivity index (χ4n) is 4.89. The van der Waals surface area contributed by atoms with Crippen molar-refractivity contribution in [2.75, 3.05) is 25.1 Å². The molecule has 1 unspecified atom stereocenters. The molecule has 0 saturated heterocycles. The van der Waals surface area contributed by atoms with E-state index in [2.05, 4.69) is 22.1 Å². The molecule has 43 heavy (non-hydrogen) atoms. The van der Waals surface area contributed by atoms with E-state index in [-0.39, 0.29) is 11.7 Å². The Morgan fingerprint density at radius 1 is 1.12 bits per heavy atom. The summed E-state index contributed by atoms with van der Waals surface area (Å²) in [5.74, 6) is 1.21. The number of aryl methyl sites for hydroxylation is 3. The Bertz CT molecular complexity index is 1660. The van der Waals surface area contributed by atoms with Gasteiger partial charge in [-0.1, -0.05) is 67.5 Å². The Kier molecular flexibility index (Phi) is 10.4. The smallest absolute Gasteiger partial charge is 0.269 e. The monoisotopic (exact) mass is 611 g/mol. The van der Waals surface area contributed by atoms with Crippen LogP contribution in [-0.4, -0.2) is 49.4 Å². The first-order valence-electron chi connectivity index (χ1n) is 14.3. The van der Waals surface area contributed by atoms with Gasteiger partial charge in [-0.25, -0.2) is 17.8 Å².